The fraction of sp³-hybridized carbons (Fsp3) is 0.875. The van der Waals surface area contributed by atoms with Crippen LogP contribution in [-0.4, -0.2) is 31.4 Å². The first-order valence-electron chi connectivity index (χ1n) is 4.15. The zero-order valence-electron chi connectivity index (χ0n) is 7.83. The Kier molecular flexibility index (Phi) is 2.57. The lowest BCUT2D eigenvalue weighted by molar-refractivity contribution is 0.0668. The van der Waals surface area contributed by atoms with E-state index in [0.29, 0.717) is 6.61 Å². The first kappa shape index (κ1) is 9.32. The van der Waals surface area contributed by atoms with Gasteiger partial charge in [-0.3, -0.25) is 0 Å². The highest BCUT2D eigenvalue weighted by atomic mass is 16.5. The van der Waals surface area contributed by atoms with E-state index >= 15 is 0 Å². The Bertz CT molecular complexity index is 193. The molecule has 12 heavy (non-hydrogen) atoms. The van der Waals surface area contributed by atoms with Crippen LogP contribution in [-0.2, 0) is 9.47 Å². The van der Waals surface area contributed by atoms with Gasteiger partial charge in [-0.1, -0.05) is 6.92 Å². The second-order valence-electron chi connectivity index (χ2n) is 3.10. The second kappa shape index (κ2) is 3.31. The van der Waals surface area contributed by atoms with Gasteiger partial charge in [0, 0.05) is 7.11 Å². The Morgan fingerprint density at radius 3 is 2.75 bits per heavy atom. The first-order chi connectivity index (χ1) is 5.64. The molecule has 4 heteroatoms. The van der Waals surface area contributed by atoms with E-state index in [1.165, 1.54) is 0 Å². The van der Waals surface area contributed by atoms with Crippen molar-refractivity contribution in [2.45, 2.75) is 31.9 Å². The Hall–Kier alpha value is -0.770. The summed E-state index contributed by atoms with van der Waals surface area (Å²) in [5.74, 6) is 0. The van der Waals surface area contributed by atoms with Crippen LogP contribution in [0.4, 0.5) is 0 Å². The molecule has 1 rings (SSSR count). The third-order valence-corrected chi connectivity index (χ3v) is 2.39. The van der Waals surface area contributed by atoms with Gasteiger partial charge in [-0.15, -0.1) is 0 Å². The van der Waals surface area contributed by atoms with Gasteiger partial charge in [0.1, 0.15) is 11.6 Å². The van der Waals surface area contributed by atoms with Crippen LogP contribution in [0, 0.1) is 0 Å². The molecule has 1 aliphatic heterocycles. The molecule has 0 radical (unpaired) electrons. The van der Waals surface area contributed by atoms with Crippen LogP contribution < -0.4 is 5.73 Å². The van der Waals surface area contributed by atoms with Crippen LogP contribution in [0.25, 0.3) is 0 Å². The molecule has 1 heterocycles. The summed E-state index contributed by atoms with van der Waals surface area (Å²) in [5.41, 5.74) is 5.21. The molecule has 2 N–H and O–H groups in total. The van der Waals surface area contributed by atoms with Crippen LogP contribution in [0.3, 0.4) is 0 Å². The van der Waals surface area contributed by atoms with Gasteiger partial charge in [0.15, 0.2) is 0 Å². The van der Waals surface area contributed by atoms with Gasteiger partial charge in [-0.05, 0) is 13.3 Å². The van der Waals surface area contributed by atoms with Crippen molar-refractivity contribution in [2.24, 2.45) is 10.7 Å². The zero-order chi connectivity index (χ0) is 9.19. The predicted octanol–water partition coefficient (Wildman–Crippen LogP) is 0.515. The summed E-state index contributed by atoms with van der Waals surface area (Å²) in [7, 11) is 1.66. The normalized spacial score (nSPS) is 34.6. The lowest BCUT2D eigenvalue weighted by Gasteiger charge is -2.26. The topological polar surface area (TPSA) is 56.8 Å². The molecular formula is C8H16N2O2. The third-order valence-electron chi connectivity index (χ3n) is 2.39. The van der Waals surface area contributed by atoms with Gasteiger partial charge in [-0.25, -0.2) is 4.99 Å². The van der Waals surface area contributed by atoms with Crippen molar-refractivity contribution in [1.82, 2.24) is 0 Å². The first-order valence-corrected chi connectivity index (χ1v) is 4.15. The number of nitrogens with two attached hydrogens (primary N) is 1. The van der Waals surface area contributed by atoms with Gasteiger partial charge in [-0.2, -0.15) is 0 Å². The molecule has 0 amide bonds. The smallest absolute Gasteiger partial charge is 0.283 e. The number of hydrogen-bond acceptors (Lipinski definition) is 4. The van der Waals surface area contributed by atoms with E-state index in [4.69, 9.17) is 15.2 Å². The van der Waals surface area contributed by atoms with Gasteiger partial charge in [0.2, 0.25) is 0 Å². The molecule has 4 nitrogen and oxygen atoms in total. The number of methoxy groups -OCH3 is 1. The fourth-order valence-electron chi connectivity index (χ4n) is 1.50. The molecule has 0 saturated carbocycles. The summed E-state index contributed by atoms with van der Waals surface area (Å²) >= 11 is 0. The minimum Gasteiger partial charge on any atom is -0.460 e. The number of aliphatic imine (C=N–C) groups is 1. The molecule has 2 atom stereocenters. The average Bonchev–Trinajstić information content (AvgIpc) is 2.28. The van der Waals surface area contributed by atoms with Crippen molar-refractivity contribution in [2.75, 3.05) is 13.7 Å². The zero-order valence-corrected chi connectivity index (χ0v) is 7.83. The quantitative estimate of drug-likeness (QED) is 0.675. The number of rotatable bonds is 3. The molecule has 0 aromatic rings. The van der Waals surface area contributed by atoms with Gasteiger partial charge in [0.25, 0.3) is 6.02 Å². The van der Waals surface area contributed by atoms with Crippen molar-refractivity contribution in [1.29, 1.82) is 0 Å². The predicted molar refractivity (Wildman–Crippen MR) is 47.1 cm³/mol. The summed E-state index contributed by atoms with van der Waals surface area (Å²) < 4.78 is 10.4. The fourth-order valence-corrected chi connectivity index (χ4v) is 1.50. The Morgan fingerprint density at radius 2 is 2.42 bits per heavy atom. The maximum atomic E-state index is 5.48. The van der Waals surface area contributed by atoms with E-state index < -0.39 is 0 Å². The standard InChI is InChI=1S/C8H16N2O2/c1-4-8(5-11-3)6(2)12-7(9)10-8/h6H,4-5H2,1-3H3,(H2,9,10). The average molecular weight is 172 g/mol. The van der Waals surface area contributed by atoms with Crippen LogP contribution in [0.1, 0.15) is 20.3 Å². The molecule has 1 aliphatic rings. The molecule has 0 aromatic heterocycles. The minimum absolute atomic E-state index is 0.0162. The number of nitrogens with zero attached hydrogens (tertiary/aromatic N) is 1. The van der Waals surface area contributed by atoms with E-state index in [1.54, 1.807) is 7.11 Å². The minimum atomic E-state index is -0.265. The molecule has 0 fully saturated rings. The molecule has 70 valence electrons. The molecule has 0 spiro atoms. The van der Waals surface area contributed by atoms with Crippen molar-refractivity contribution in [3.8, 4) is 0 Å². The molecule has 0 bridgehead atoms. The highest BCUT2D eigenvalue weighted by molar-refractivity contribution is 5.74. The summed E-state index contributed by atoms with van der Waals surface area (Å²) in [6, 6.07) is 0.279. The van der Waals surface area contributed by atoms with Crippen LogP contribution in [0.15, 0.2) is 4.99 Å². The van der Waals surface area contributed by atoms with Crippen molar-refractivity contribution in [3.05, 3.63) is 0 Å². The summed E-state index contributed by atoms with van der Waals surface area (Å²) in [6.45, 7) is 4.58. The van der Waals surface area contributed by atoms with Crippen LogP contribution >= 0.6 is 0 Å². The number of hydrogen-bond donors (Lipinski definition) is 1. The lowest BCUT2D eigenvalue weighted by atomic mass is 9.93. The van der Waals surface area contributed by atoms with E-state index in [0.717, 1.165) is 6.42 Å². The monoisotopic (exact) mass is 172 g/mol. The summed E-state index contributed by atoms with van der Waals surface area (Å²) in [6.07, 6.45) is 0.894. The van der Waals surface area contributed by atoms with E-state index in [9.17, 15) is 0 Å². The lowest BCUT2D eigenvalue weighted by Crippen LogP contribution is -2.39. The second-order valence-corrected chi connectivity index (χ2v) is 3.10. The molecule has 2 unspecified atom stereocenters. The van der Waals surface area contributed by atoms with E-state index in [1.807, 2.05) is 6.92 Å². The third kappa shape index (κ3) is 1.39. The van der Waals surface area contributed by atoms with Gasteiger partial charge < -0.3 is 15.2 Å². The molecular weight excluding hydrogens is 156 g/mol. The van der Waals surface area contributed by atoms with Gasteiger partial charge in [0.05, 0.1) is 6.61 Å². The largest absolute Gasteiger partial charge is 0.460 e. The van der Waals surface area contributed by atoms with Crippen LogP contribution in [0.2, 0.25) is 0 Å². The SMILES string of the molecule is CCC1(COC)N=C(N)OC1C. The van der Waals surface area contributed by atoms with E-state index in [-0.39, 0.29) is 17.7 Å². The van der Waals surface area contributed by atoms with Gasteiger partial charge >= 0.3 is 0 Å². The Labute approximate surface area is 72.8 Å². The number of ether oxygens (including phenoxy) is 2. The van der Waals surface area contributed by atoms with E-state index in [2.05, 4.69) is 11.9 Å². The number of amidine groups is 1. The highest BCUT2D eigenvalue weighted by Crippen LogP contribution is 2.28. The highest BCUT2D eigenvalue weighted by Gasteiger charge is 2.41. The van der Waals surface area contributed by atoms with Crippen molar-refractivity contribution >= 4 is 6.02 Å². The maximum Gasteiger partial charge on any atom is 0.283 e. The Morgan fingerprint density at radius 1 is 1.75 bits per heavy atom. The summed E-state index contributed by atoms with van der Waals surface area (Å²) in [4.78, 5) is 4.26. The Balaban J connectivity index is 2.77. The molecule has 0 aromatic carbocycles. The molecule has 0 aliphatic carbocycles. The molecule has 0 saturated heterocycles. The maximum absolute atomic E-state index is 5.48. The van der Waals surface area contributed by atoms with Crippen LogP contribution in [0.5, 0.6) is 0 Å². The van der Waals surface area contributed by atoms with Crippen molar-refractivity contribution in [3.63, 3.8) is 0 Å². The summed E-state index contributed by atoms with van der Waals surface area (Å²) in [5, 5.41) is 0. The van der Waals surface area contributed by atoms with Crippen molar-refractivity contribution < 1.29 is 9.47 Å².